The van der Waals surface area contributed by atoms with Crippen LogP contribution in [0.5, 0.6) is 0 Å². The van der Waals surface area contributed by atoms with Crippen molar-refractivity contribution in [2.45, 2.75) is 58.9 Å². The topological polar surface area (TPSA) is 26.3 Å². The second-order valence-electron chi connectivity index (χ2n) is 5.60. The summed E-state index contributed by atoms with van der Waals surface area (Å²) in [4.78, 5) is 11.2. The minimum atomic E-state index is -1.79. The van der Waals surface area contributed by atoms with Gasteiger partial charge in [-0.05, 0) is 32.0 Å². The smallest absolute Gasteiger partial charge is 0.192 e. The average molecular weight is 228 g/mol. The fourth-order valence-corrected chi connectivity index (χ4v) is 2.36. The van der Waals surface area contributed by atoms with Gasteiger partial charge in [0.05, 0.1) is 6.10 Å². The van der Waals surface area contributed by atoms with E-state index in [9.17, 15) is 4.79 Å². The van der Waals surface area contributed by atoms with Crippen LogP contribution in [0.25, 0.3) is 0 Å². The van der Waals surface area contributed by atoms with Crippen LogP contribution in [0.4, 0.5) is 0 Å². The summed E-state index contributed by atoms with van der Waals surface area (Å²) < 4.78 is 6.04. The first-order valence-electron chi connectivity index (χ1n) is 5.36. The Bertz CT molecular complexity index is 261. The Kier molecular flexibility index (Phi) is 4.49. The summed E-state index contributed by atoms with van der Waals surface area (Å²) in [6, 6.07) is 0. The third kappa shape index (κ3) is 3.91. The number of carbonyl (C=O) groups excluding carboxylic acids is 1. The maximum Gasteiger partial charge on any atom is 0.192 e. The van der Waals surface area contributed by atoms with Crippen molar-refractivity contribution in [2.24, 2.45) is 0 Å². The Morgan fingerprint density at radius 3 is 2.00 bits per heavy atom. The van der Waals surface area contributed by atoms with Crippen molar-refractivity contribution >= 4 is 14.1 Å². The van der Waals surface area contributed by atoms with E-state index >= 15 is 0 Å². The molecular formula is C12H24O2Si. The van der Waals surface area contributed by atoms with Crippen LogP contribution < -0.4 is 0 Å². The molecule has 0 aromatic rings. The van der Waals surface area contributed by atoms with Gasteiger partial charge in [0.15, 0.2) is 14.1 Å². The molecule has 0 aliphatic rings. The monoisotopic (exact) mass is 228 g/mol. The van der Waals surface area contributed by atoms with Gasteiger partial charge in [-0.1, -0.05) is 27.4 Å². The summed E-state index contributed by atoms with van der Waals surface area (Å²) in [5.74, 6) is 0.0150. The van der Waals surface area contributed by atoms with Crippen molar-refractivity contribution in [2.75, 3.05) is 0 Å². The van der Waals surface area contributed by atoms with Gasteiger partial charge in [-0.25, -0.2) is 0 Å². The van der Waals surface area contributed by atoms with E-state index in [1.807, 2.05) is 6.92 Å². The highest BCUT2D eigenvalue weighted by atomic mass is 28.4. The first-order chi connectivity index (χ1) is 6.49. The van der Waals surface area contributed by atoms with Gasteiger partial charge in [0.1, 0.15) is 0 Å². The third-order valence-corrected chi connectivity index (χ3v) is 7.78. The Balaban J connectivity index is 4.61. The molecule has 0 rings (SSSR count). The molecule has 3 heteroatoms. The fraction of sp³-hybridized carbons (Fsp3) is 0.750. The summed E-state index contributed by atoms with van der Waals surface area (Å²) in [5, 5.41) is 0.165. The molecule has 0 spiro atoms. The second-order valence-corrected chi connectivity index (χ2v) is 10.4. The lowest BCUT2D eigenvalue weighted by molar-refractivity contribution is -0.114. The third-order valence-electron chi connectivity index (χ3n) is 3.22. The zero-order valence-electron chi connectivity index (χ0n) is 11.1. The van der Waals surface area contributed by atoms with E-state index in [-0.39, 0.29) is 16.9 Å². The van der Waals surface area contributed by atoms with Crippen LogP contribution in [0.3, 0.4) is 0 Å². The molecule has 0 fully saturated rings. The highest BCUT2D eigenvalue weighted by Gasteiger charge is 2.38. The predicted octanol–water partition coefficient (Wildman–Crippen LogP) is 3.54. The van der Waals surface area contributed by atoms with Crippen LogP contribution in [0.15, 0.2) is 12.2 Å². The molecule has 0 heterocycles. The van der Waals surface area contributed by atoms with E-state index in [0.29, 0.717) is 5.57 Å². The molecule has 0 saturated heterocycles. The van der Waals surface area contributed by atoms with Crippen LogP contribution in [0, 0.1) is 0 Å². The molecule has 0 aliphatic heterocycles. The molecule has 0 amide bonds. The average Bonchev–Trinajstić information content (AvgIpc) is 1.99. The Morgan fingerprint density at radius 1 is 1.33 bits per heavy atom. The van der Waals surface area contributed by atoms with E-state index < -0.39 is 8.32 Å². The van der Waals surface area contributed by atoms with Crippen LogP contribution in [-0.2, 0) is 9.22 Å². The number of rotatable bonds is 4. The van der Waals surface area contributed by atoms with Gasteiger partial charge in [0.25, 0.3) is 0 Å². The molecule has 0 bridgehead atoms. The normalized spacial score (nSPS) is 14.9. The van der Waals surface area contributed by atoms with Crippen LogP contribution >= 0.6 is 0 Å². The SMILES string of the molecule is C=C(C(C)=O)[C@H](C)O[Si](C)(C)C(C)(C)C. The molecule has 2 nitrogen and oxygen atoms in total. The Hall–Kier alpha value is -0.413. The van der Waals surface area contributed by atoms with Crippen molar-refractivity contribution in [3.63, 3.8) is 0 Å². The highest BCUT2D eigenvalue weighted by Crippen LogP contribution is 2.37. The first kappa shape index (κ1) is 14.6. The lowest BCUT2D eigenvalue weighted by atomic mass is 10.1. The summed E-state index contributed by atoms with van der Waals surface area (Å²) in [5.41, 5.74) is 0.569. The lowest BCUT2D eigenvalue weighted by Crippen LogP contribution is -2.44. The fourth-order valence-electron chi connectivity index (χ4n) is 0.976. The zero-order chi connectivity index (χ0) is 12.4. The van der Waals surface area contributed by atoms with Crippen molar-refractivity contribution in [3.05, 3.63) is 12.2 Å². The molecule has 0 N–H and O–H groups in total. The molecule has 0 aromatic heterocycles. The van der Waals surface area contributed by atoms with Crippen LogP contribution in [-0.4, -0.2) is 20.2 Å². The van der Waals surface area contributed by atoms with Crippen LogP contribution in [0.2, 0.25) is 18.1 Å². The van der Waals surface area contributed by atoms with Gasteiger partial charge in [-0.3, -0.25) is 4.79 Å². The van der Waals surface area contributed by atoms with E-state index in [1.54, 1.807) is 0 Å². The number of hydrogen-bond acceptors (Lipinski definition) is 2. The molecule has 0 radical (unpaired) electrons. The van der Waals surface area contributed by atoms with E-state index in [1.165, 1.54) is 6.92 Å². The minimum absolute atomic E-state index is 0.0150. The van der Waals surface area contributed by atoms with E-state index in [4.69, 9.17) is 4.43 Å². The lowest BCUT2D eigenvalue weighted by Gasteiger charge is -2.38. The van der Waals surface area contributed by atoms with Crippen molar-refractivity contribution in [3.8, 4) is 0 Å². The molecule has 0 aromatic carbocycles. The molecule has 0 saturated carbocycles. The molecule has 88 valence electrons. The quantitative estimate of drug-likeness (QED) is 0.543. The van der Waals surface area contributed by atoms with Gasteiger partial charge < -0.3 is 4.43 Å². The molecule has 15 heavy (non-hydrogen) atoms. The number of Topliss-reactive ketones (excluding diaryl/α,β-unsaturated/α-hetero) is 1. The number of hydrogen-bond donors (Lipinski definition) is 0. The summed E-state index contributed by atoms with van der Waals surface area (Å²) in [6.07, 6.45) is -0.164. The highest BCUT2D eigenvalue weighted by molar-refractivity contribution is 6.74. The summed E-state index contributed by atoms with van der Waals surface area (Å²) in [7, 11) is -1.79. The van der Waals surface area contributed by atoms with Gasteiger partial charge >= 0.3 is 0 Å². The van der Waals surface area contributed by atoms with Gasteiger partial charge in [-0.2, -0.15) is 0 Å². The number of ketones is 1. The largest absolute Gasteiger partial charge is 0.410 e. The molecule has 0 unspecified atom stereocenters. The molecular weight excluding hydrogens is 204 g/mol. The van der Waals surface area contributed by atoms with Gasteiger partial charge in [0, 0.05) is 5.57 Å². The summed E-state index contributed by atoms with van der Waals surface area (Å²) in [6.45, 7) is 18.1. The van der Waals surface area contributed by atoms with Gasteiger partial charge in [0.2, 0.25) is 0 Å². The van der Waals surface area contributed by atoms with Gasteiger partial charge in [-0.15, -0.1) is 0 Å². The van der Waals surface area contributed by atoms with Crippen molar-refractivity contribution in [1.29, 1.82) is 0 Å². The van der Waals surface area contributed by atoms with Crippen molar-refractivity contribution in [1.82, 2.24) is 0 Å². The first-order valence-corrected chi connectivity index (χ1v) is 8.27. The maximum absolute atomic E-state index is 11.2. The molecule has 0 aliphatic carbocycles. The molecule has 1 atom stereocenters. The maximum atomic E-state index is 11.2. The van der Waals surface area contributed by atoms with Crippen molar-refractivity contribution < 1.29 is 9.22 Å². The standard InChI is InChI=1S/C12H24O2Si/c1-9(10(2)13)11(3)14-15(7,8)12(4,5)6/h11H,1H2,2-8H3/t11-/m0/s1. The number of carbonyl (C=O) groups is 1. The van der Waals surface area contributed by atoms with E-state index in [2.05, 4.69) is 40.4 Å². The minimum Gasteiger partial charge on any atom is -0.410 e. The predicted molar refractivity (Wildman–Crippen MR) is 67.6 cm³/mol. The van der Waals surface area contributed by atoms with E-state index in [0.717, 1.165) is 0 Å². The summed E-state index contributed by atoms with van der Waals surface area (Å²) >= 11 is 0. The Labute approximate surface area is 94.8 Å². The van der Waals surface area contributed by atoms with Crippen LogP contribution in [0.1, 0.15) is 34.6 Å². The second kappa shape index (κ2) is 4.62. The zero-order valence-corrected chi connectivity index (χ0v) is 12.1. The Morgan fingerprint density at radius 2 is 1.73 bits per heavy atom.